The van der Waals surface area contributed by atoms with Crippen molar-refractivity contribution in [3.05, 3.63) is 59.4 Å². The highest BCUT2D eigenvalue weighted by atomic mass is 16.5. The molecule has 0 radical (unpaired) electrons. The molecule has 3 heteroatoms. The first kappa shape index (κ1) is 13.3. The van der Waals surface area contributed by atoms with E-state index in [0.29, 0.717) is 17.7 Å². The standard InChI is InChI=1S/C16H17NO2/c1-3-12-7-8-14(17-11-12)10-16(18)13-5-4-6-15(9-13)19-2/h4-9,11H,3,10H2,1-2H3. The van der Waals surface area contributed by atoms with Gasteiger partial charge in [-0.15, -0.1) is 0 Å². The third-order valence-electron chi connectivity index (χ3n) is 3.03. The lowest BCUT2D eigenvalue weighted by molar-refractivity contribution is 0.0991. The molecule has 1 heterocycles. The minimum Gasteiger partial charge on any atom is -0.497 e. The van der Waals surface area contributed by atoms with Gasteiger partial charge in [0.05, 0.1) is 13.5 Å². The van der Waals surface area contributed by atoms with Crippen molar-refractivity contribution in [3.8, 4) is 5.75 Å². The van der Waals surface area contributed by atoms with E-state index in [4.69, 9.17) is 4.74 Å². The van der Waals surface area contributed by atoms with Gasteiger partial charge in [0.1, 0.15) is 5.75 Å². The summed E-state index contributed by atoms with van der Waals surface area (Å²) in [6, 6.07) is 11.1. The van der Waals surface area contributed by atoms with Gasteiger partial charge in [0, 0.05) is 17.5 Å². The first-order valence-electron chi connectivity index (χ1n) is 6.34. The Labute approximate surface area is 113 Å². The molecule has 98 valence electrons. The number of carbonyl (C=O) groups excluding carboxylic acids is 1. The highest BCUT2D eigenvalue weighted by molar-refractivity contribution is 5.97. The number of Topliss-reactive ketones (excluding diaryl/α,β-unsaturated/α-hetero) is 1. The van der Waals surface area contributed by atoms with Gasteiger partial charge in [-0.3, -0.25) is 9.78 Å². The predicted octanol–water partition coefficient (Wildman–Crippen LogP) is 3.08. The van der Waals surface area contributed by atoms with Crippen molar-refractivity contribution in [1.29, 1.82) is 0 Å². The zero-order valence-corrected chi connectivity index (χ0v) is 11.2. The number of aromatic nitrogens is 1. The van der Waals surface area contributed by atoms with Crippen LogP contribution in [0.5, 0.6) is 5.75 Å². The fraction of sp³-hybridized carbons (Fsp3) is 0.250. The van der Waals surface area contributed by atoms with Crippen LogP contribution in [0.15, 0.2) is 42.6 Å². The summed E-state index contributed by atoms with van der Waals surface area (Å²) in [4.78, 5) is 16.4. The van der Waals surface area contributed by atoms with Crippen molar-refractivity contribution in [3.63, 3.8) is 0 Å². The monoisotopic (exact) mass is 255 g/mol. The zero-order chi connectivity index (χ0) is 13.7. The van der Waals surface area contributed by atoms with E-state index in [0.717, 1.165) is 12.1 Å². The molecule has 0 bridgehead atoms. The lowest BCUT2D eigenvalue weighted by Gasteiger charge is -2.04. The molecule has 0 saturated carbocycles. The number of aryl methyl sites for hydroxylation is 1. The molecule has 3 nitrogen and oxygen atoms in total. The Morgan fingerprint density at radius 3 is 2.74 bits per heavy atom. The molecule has 0 amide bonds. The topological polar surface area (TPSA) is 39.2 Å². The molecule has 0 spiro atoms. The van der Waals surface area contributed by atoms with Gasteiger partial charge in [-0.2, -0.15) is 0 Å². The minimum atomic E-state index is 0.0515. The molecule has 2 aromatic rings. The quantitative estimate of drug-likeness (QED) is 0.771. The maximum absolute atomic E-state index is 12.1. The number of carbonyl (C=O) groups is 1. The Kier molecular flexibility index (Phi) is 4.29. The molecular weight excluding hydrogens is 238 g/mol. The van der Waals surface area contributed by atoms with Gasteiger partial charge in [0.15, 0.2) is 5.78 Å². The molecule has 2 rings (SSSR count). The highest BCUT2D eigenvalue weighted by Gasteiger charge is 2.08. The second-order valence-electron chi connectivity index (χ2n) is 4.34. The Balaban J connectivity index is 2.11. The highest BCUT2D eigenvalue weighted by Crippen LogP contribution is 2.14. The number of ketones is 1. The Bertz CT molecular complexity index is 561. The third kappa shape index (κ3) is 3.41. The summed E-state index contributed by atoms with van der Waals surface area (Å²) in [6.07, 6.45) is 3.10. The van der Waals surface area contributed by atoms with Crippen LogP contribution in [0.25, 0.3) is 0 Å². The van der Waals surface area contributed by atoms with E-state index in [1.807, 2.05) is 30.5 Å². The van der Waals surface area contributed by atoms with Gasteiger partial charge < -0.3 is 4.74 Å². The van der Waals surface area contributed by atoms with Gasteiger partial charge >= 0.3 is 0 Å². The van der Waals surface area contributed by atoms with Crippen molar-refractivity contribution in [2.75, 3.05) is 7.11 Å². The van der Waals surface area contributed by atoms with Crippen LogP contribution >= 0.6 is 0 Å². The lowest BCUT2D eigenvalue weighted by Crippen LogP contribution is -2.05. The maximum Gasteiger partial charge on any atom is 0.168 e. The average Bonchev–Trinajstić information content (AvgIpc) is 2.48. The van der Waals surface area contributed by atoms with E-state index in [9.17, 15) is 4.79 Å². The SMILES string of the molecule is CCc1ccc(CC(=O)c2cccc(OC)c2)nc1. The van der Waals surface area contributed by atoms with E-state index in [-0.39, 0.29) is 5.78 Å². The molecule has 19 heavy (non-hydrogen) atoms. The number of methoxy groups -OCH3 is 1. The number of ether oxygens (including phenoxy) is 1. The lowest BCUT2D eigenvalue weighted by atomic mass is 10.1. The summed E-state index contributed by atoms with van der Waals surface area (Å²) < 4.78 is 5.12. The minimum absolute atomic E-state index is 0.0515. The van der Waals surface area contributed by atoms with Crippen LogP contribution in [0.1, 0.15) is 28.5 Å². The molecule has 0 aliphatic carbocycles. The van der Waals surface area contributed by atoms with Gasteiger partial charge in [0.2, 0.25) is 0 Å². The predicted molar refractivity (Wildman–Crippen MR) is 74.6 cm³/mol. The number of hydrogen-bond donors (Lipinski definition) is 0. The van der Waals surface area contributed by atoms with Crippen molar-refractivity contribution in [2.45, 2.75) is 19.8 Å². The molecule has 0 aliphatic heterocycles. The van der Waals surface area contributed by atoms with Gasteiger partial charge in [0.25, 0.3) is 0 Å². The molecule has 1 aromatic heterocycles. The number of benzene rings is 1. The van der Waals surface area contributed by atoms with E-state index in [1.165, 1.54) is 5.56 Å². The van der Waals surface area contributed by atoms with Gasteiger partial charge in [-0.25, -0.2) is 0 Å². The van der Waals surface area contributed by atoms with Crippen molar-refractivity contribution < 1.29 is 9.53 Å². The normalized spacial score (nSPS) is 10.2. The Morgan fingerprint density at radius 2 is 2.11 bits per heavy atom. The average molecular weight is 255 g/mol. The molecule has 0 aliphatic rings. The molecule has 0 atom stereocenters. The molecule has 0 fully saturated rings. The fourth-order valence-corrected chi connectivity index (χ4v) is 1.83. The molecule has 0 saturated heterocycles. The first-order valence-corrected chi connectivity index (χ1v) is 6.34. The van der Waals surface area contributed by atoms with Crippen LogP contribution in [0.2, 0.25) is 0 Å². The number of pyridine rings is 1. The van der Waals surface area contributed by atoms with E-state index < -0.39 is 0 Å². The summed E-state index contributed by atoms with van der Waals surface area (Å²) in [7, 11) is 1.59. The van der Waals surface area contributed by atoms with Crippen molar-refractivity contribution in [1.82, 2.24) is 4.98 Å². The number of hydrogen-bond acceptors (Lipinski definition) is 3. The molecule has 1 aromatic carbocycles. The van der Waals surface area contributed by atoms with Gasteiger partial charge in [-0.05, 0) is 30.2 Å². The second kappa shape index (κ2) is 6.14. The van der Waals surface area contributed by atoms with E-state index in [2.05, 4.69) is 11.9 Å². The van der Waals surface area contributed by atoms with Crippen LogP contribution in [0.4, 0.5) is 0 Å². The third-order valence-corrected chi connectivity index (χ3v) is 3.03. The van der Waals surface area contributed by atoms with Gasteiger partial charge in [-0.1, -0.05) is 25.1 Å². The number of nitrogens with zero attached hydrogens (tertiary/aromatic N) is 1. The summed E-state index contributed by atoms with van der Waals surface area (Å²) >= 11 is 0. The maximum atomic E-state index is 12.1. The molecular formula is C16H17NO2. The fourth-order valence-electron chi connectivity index (χ4n) is 1.83. The summed E-state index contributed by atoms with van der Waals surface area (Å²) in [5.74, 6) is 0.746. The van der Waals surface area contributed by atoms with Crippen molar-refractivity contribution >= 4 is 5.78 Å². The Morgan fingerprint density at radius 1 is 1.26 bits per heavy atom. The van der Waals surface area contributed by atoms with E-state index in [1.54, 1.807) is 19.2 Å². The smallest absolute Gasteiger partial charge is 0.168 e. The molecule has 0 unspecified atom stereocenters. The van der Waals surface area contributed by atoms with Crippen LogP contribution in [-0.2, 0) is 12.8 Å². The largest absolute Gasteiger partial charge is 0.497 e. The summed E-state index contributed by atoms with van der Waals surface area (Å²) in [6.45, 7) is 2.08. The van der Waals surface area contributed by atoms with Crippen LogP contribution in [0, 0.1) is 0 Å². The second-order valence-corrected chi connectivity index (χ2v) is 4.34. The van der Waals surface area contributed by atoms with Crippen LogP contribution in [-0.4, -0.2) is 17.9 Å². The molecule has 0 N–H and O–H groups in total. The first-order chi connectivity index (χ1) is 9.22. The van der Waals surface area contributed by atoms with E-state index >= 15 is 0 Å². The number of rotatable bonds is 5. The summed E-state index contributed by atoms with van der Waals surface area (Å²) in [5.41, 5.74) is 2.63. The zero-order valence-electron chi connectivity index (χ0n) is 11.2. The summed E-state index contributed by atoms with van der Waals surface area (Å²) in [5, 5.41) is 0. The van der Waals surface area contributed by atoms with Crippen LogP contribution < -0.4 is 4.74 Å². The van der Waals surface area contributed by atoms with Crippen LogP contribution in [0.3, 0.4) is 0 Å². The Hall–Kier alpha value is -2.16. The van der Waals surface area contributed by atoms with Crippen molar-refractivity contribution in [2.24, 2.45) is 0 Å².